The van der Waals surface area contributed by atoms with E-state index in [-0.39, 0.29) is 0 Å². The van der Waals surface area contributed by atoms with E-state index in [1.165, 1.54) is 42.3 Å². The fourth-order valence-corrected chi connectivity index (χ4v) is 4.47. The molecule has 2 aromatic heterocycles. The molecular formula is C19H27N3O. The van der Waals surface area contributed by atoms with Crippen LogP contribution < -0.4 is 0 Å². The molecule has 0 amide bonds. The van der Waals surface area contributed by atoms with Gasteiger partial charge in [0.15, 0.2) is 0 Å². The largest absolute Gasteiger partial charge is 0.373 e. The van der Waals surface area contributed by atoms with E-state index < -0.39 is 0 Å². The lowest BCUT2D eigenvalue weighted by molar-refractivity contribution is -0.0704. The molecule has 3 heterocycles. The van der Waals surface area contributed by atoms with Crippen molar-refractivity contribution in [1.82, 2.24) is 14.9 Å². The van der Waals surface area contributed by atoms with Gasteiger partial charge in [-0.25, -0.2) is 4.98 Å². The smallest absolute Gasteiger partial charge is 0.137 e. The summed E-state index contributed by atoms with van der Waals surface area (Å²) < 4.78 is 5.89. The first kappa shape index (κ1) is 15.2. The van der Waals surface area contributed by atoms with Crippen molar-refractivity contribution in [3.05, 3.63) is 29.6 Å². The van der Waals surface area contributed by atoms with E-state index in [2.05, 4.69) is 40.8 Å². The van der Waals surface area contributed by atoms with Crippen LogP contribution in [-0.2, 0) is 11.3 Å². The predicted molar refractivity (Wildman–Crippen MR) is 92.6 cm³/mol. The molecule has 4 rings (SSSR count). The summed E-state index contributed by atoms with van der Waals surface area (Å²) in [6, 6.07) is 4.28. The first-order valence-corrected chi connectivity index (χ1v) is 9.04. The Balaban J connectivity index is 1.68. The zero-order valence-electron chi connectivity index (χ0n) is 14.2. The summed E-state index contributed by atoms with van der Waals surface area (Å²) >= 11 is 0. The molecule has 1 aliphatic carbocycles. The van der Waals surface area contributed by atoms with Crippen LogP contribution in [0.3, 0.4) is 0 Å². The number of hydrogen-bond acceptors (Lipinski definition) is 3. The van der Waals surface area contributed by atoms with E-state index in [0.29, 0.717) is 18.1 Å². The van der Waals surface area contributed by atoms with Crippen LogP contribution in [0.25, 0.3) is 11.0 Å². The van der Waals surface area contributed by atoms with E-state index in [4.69, 9.17) is 4.74 Å². The topological polar surface area (TPSA) is 41.2 Å². The summed E-state index contributed by atoms with van der Waals surface area (Å²) in [4.78, 5) is 10.8. The maximum Gasteiger partial charge on any atom is 0.137 e. The Kier molecular flexibility index (Phi) is 4.12. The molecule has 2 unspecified atom stereocenters. The first-order chi connectivity index (χ1) is 11.2. The van der Waals surface area contributed by atoms with Gasteiger partial charge in [0, 0.05) is 36.9 Å². The normalized spacial score (nSPS) is 27.0. The molecule has 1 aliphatic heterocycles. The number of hydrogen-bond donors (Lipinski definition) is 1. The molecule has 23 heavy (non-hydrogen) atoms. The average Bonchev–Trinajstić information content (AvgIpc) is 3.14. The third-order valence-electron chi connectivity index (χ3n) is 5.35. The minimum atomic E-state index is 0.317. The van der Waals surface area contributed by atoms with Gasteiger partial charge in [-0.3, -0.25) is 4.90 Å². The zero-order valence-corrected chi connectivity index (χ0v) is 14.2. The molecule has 2 aromatic rings. The summed E-state index contributed by atoms with van der Waals surface area (Å²) in [5.74, 6) is 0.690. The third-order valence-corrected chi connectivity index (χ3v) is 5.35. The highest BCUT2D eigenvalue weighted by atomic mass is 16.5. The Hall–Kier alpha value is -1.39. The van der Waals surface area contributed by atoms with Crippen LogP contribution in [0.4, 0.5) is 0 Å². The summed E-state index contributed by atoms with van der Waals surface area (Å²) in [5.41, 5.74) is 3.98. The molecule has 2 atom stereocenters. The van der Waals surface area contributed by atoms with E-state index in [1.54, 1.807) is 0 Å². The van der Waals surface area contributed by atoms with Crippen LogP contribution in [0.1, 0.15) is 56.7 Å². The number of H-pyrrole nitrogens is 1. The molecule has 1 saturated carbocycles. The summed E-state index contributed by atoms with van der Waals surface area (Å²) in [5, 5.41) is 1.31. The van der Waals surface area contributed by atoms with Crippen molar-refractivity contribution in [3.8, 4) is 0 Å². The highest BCUT2D eigenvalue weighted by molar-refractivity contribution is 5.81. The molecule has 0 aromatic carbocycles. The molecular weight excluding hydrogens is 286 g/mol. The number of ether oxygens (including phenoxy) is 1. The van der Waals surface area contributed by atoms with Gasteiger partial charge in [0.05, 0.1) is 12.2 Å². The highest BCUT2D eigenvalue weighted by Crippen LogP contribution is 2.38. The Morgan fingerprint density at radius 2 is 1.96 bits per heavy atom. The quantitative estimate of drug-likeness (QED) is 0.936. The van der Waals surface area contributed by atoms with E-state index in [0.717, 1.165) is 25.3 Å². The van der Waals surface area contributed by atoms with Gasteiger partial charge in [0.25, 0.3) is 0 Å². The molecule has 2 fully saturated rings. The van der Waals surface area contributed by atoms with Crippen LogP contribution in [0.15, 0.2) is 18.3 Å². The minimum absolute atomic E-state index is 0.317. The molecule has 1 N–H and O–H groups in total. The number of nitrogens with zero attached hydrogens (tertiary/aromatic N) is 2. The van der Waals surface area contributed by atoms with Crippen LogP contribution in [0, 0.1) is 0 Å². The van der Waals surface area contributed by atoms with Gasteiger partial charge >= 0.3 is 0 Å². The summed E-state index contributed by atoms with van der Waals surface area (Å²) in [7, 11) is 0. The van der Waals surface area contributed by atoms with Crippen LogP contribution in [0.2, 0.25) is 0 Å². The number of aromatic amines is 1. The van der Waals surface area contributed by atoms with Crippen molar-refractivity contribution in [2.45, 2.75) is 64.2 Å². The van der Waals surface area contributed by atoms with Crippen molar-refractivity contribution in [3.63, 3.8) is 0 Å². The Morgan fingerprint density at radius 3 is 2.70 bits per heavy atom. The molecule has 0 bridgehead atoms. The van der Waals surface area contributed by atoms with Crippen LogP contribution >= 0.6 is 0 Å². The van der Waals surface area contributed by atoms with Crippen molar-refractivity contribution in [2.24, 2.45) is 0 Å². The first-order valence-electron chi connectivity index (χ1n) is 9.04. The predicted octanol–water partition coefficient (Wildman–Crippen LogP) is 3.83. The average molecular weight is 313 g/mol. The molecule has 1 saturated heterocycles. The number of fused-ring (bicyclic) bond motifs is 1. The van der Waals surface area contributed by atoms with Crippen molar-refractivity contribution < 1.29 is 4.74 Å². The maximum atomic E-state index is 5.89. The van der Waals surface area contributed by atoms with E-state index in [9.17, 15) is 0 Å². The summed E-state index contributed by atoms with van der Waals surface area (Å²) in [6.45, 7) is 7.40. The van der Waals surface area contributed by atoms with Gasteiger partial charge in [0.1, 0.15) is 5.65 Å². The van der Waals surface area contributed by atoms with E-state index >= 15 is 0 Å². The van der Waals surface area contributed by atoms with Gasteiger partial charge in [-0.1, -0.05) is 12.8 Å². The molecule has 124 valence electrons. The third kappa shape index (κ3) is 3.02. The van der Waals surface area contributed by atoms with E-state index in [1.807, 2.05) is 6.20 Å². The van der Waals surface area contributed by atoms with Crippen molar-refractivity contribution >= 4 is 11.0 Å². The molecule has 0 spiro atoms. The fourth-order valence-electron chi connectivity index (χ4n) is 4.47. The Morgan fingerprint density at radius 1 is 1.22 bits per heavy atom. The lowest BCUT2D eigenvalue weighted by atomic mass is 9.98. The zero-order chi connectivity index (χ0) is 15.8. The maximum absolute atomic E-state index is 5.89. The van der Waals surface area contributed by atoms with Gasteiger partial charge in [-0.15, -0.1) is 0 Å². The SMILES string of the molecule is CC1CN(Cc2c(C3CCCC3)[nH]c3ncccc23)CC(C)O1. The van der Waals surface area contributed by atoms with Crippen LogP contribution in [0.5, 0.6) is 0 Å². The minimum Gasteiger partial charge on any atom is -0.373 e. The Bertz CT molecular complexity index is 664. The number of aromatic nitrogens is 2. The van der Waals surface area contributed by atoms with Gasteiger partial charge in [-0.2, -0.15) is 0 Å². The molecule has 2 aliphatic rings. The standard InChI is InChI=1S/C19H27N3O/c1-13-10-22(11-14(2)23-13)12-17-16-8-5-9-20-19(16)21-18(17)15-6-3-4-7-15/h5,8-9,13-15H,3-4,6-7,10-12H2,1-2H3,(H,20,21). The number of morpholine rings is 1. The second kappa shape index (κ2) is 6.25. The van der Waals surface area contributed by atoms with Crippen LogP contribution in [-0.4, -0.2) is 40.2 Å². The van der Waals surface area contributed by atoms with Gasteiger partial charge in [-0.05, 0) is 50.3 Å². The lowest BCUT2D eigenvalue weighted by Crippen LogP contribution is -2.44. The second-order valence-corrected chi connectivity index (χ2v) is 7.35. The lowest BCUT2D eigenvalue weighted by Gasteiger charge is -2.35. The molecule has 0 radical (unpaired) electrons. The van der Waals surface area contributed by atoms with Gasteiger partial charge < -0.3 is 9.72 Å². The highest BCUT2D eigenvalue weighted by Gasteiger charge is 2.27. The fraction of sp³-hybridized carbons (Fsp3) is 0.632. The number of pyridine rings is 1. The van der Waals surface area contributed by atoms with Crippen molar-refractivity contribution in [2.75, 3.05) is 13.1 Å². The monoisotopic (exact) mass is 313 g/mol. The van der Waals surface area contributed by atoms with Gasteiger partial charge in [0.2, 0.25) is 0 Å². The van der Waals surface area contributed by atoms with Crippen molar-refractivity contribution in [1.29, 1.82) is 0 Å². The number of nitrogens with one attached hydrogen (secondary N) is 1. The molecule has 4 heteroatoms. The second-order valence-electron chi connectivity index (χ2n) is 7.35. The Labute approximate surface area is 138 Å². The molecule has 4 nitrogen and oxygen atoms in total. The number of rotatable bonds is 3. The summed E-state index contributed by atoms with van der Waals surface area (Å²) in [6.07, 6.45) is 7.87.